The lowest BCUT2D eigenvalue weighted by Crippen LogP contribution is -2.36. The number of rotatable bonds is 0. The highest BCUT2D eigenvalue weighted by atomic mass is 16.8. The Morgan fingerprint density at radius 1 is 1.14 bits per heavy atom. The molecule has 0 unspecified atom stereocenters. The fraction of sp³-hybridized carbons (Fsp3) is 0.750. The summed E-state index contributed by atoms with van der Waals surface area (Å²) in [5, 5.41) is 0. The fourth-order valence-corrected chi connectivity index (χ4v) is 0.875. The van der Waals surface area contributed by atoms with Crippen molar-refractivity contribution in [2.75, 3.05) is 19.8 Å². The number of carbonyl (C=O) groups excluding carboxylic acids is 2. The Bertz CT molecular complexity index is 234. The molecule has 0 amide bonds. The predicted molar refractivity (Wildman–Crippen MR) is 43.8 cm³/mol. The summed E-state index contributed by atoms with van der Waals surface area (Å²) in [5.74, 6) is 0. The van der Waals surface area contributed by atoms with E-state index in [1.807, 2.05) is 0 Å². The molecule has 14 heavy (non-hydrogen) atoms. The maximum absolute atomic E-state index is 10.9. The van der Waals surface area contributed by atoms with Gasteiger partial charge in [-0.15, -0.1) is 0 Å². The molecule has 1 heterocycles. The van der Waals surface area contributed by atoms with Crippen LogP contribution in [0.5, 0.6) is 0 Å². The molecular formula is C8H12O6. The highest BCUT2D eigenvalue weighted by molar-refractivity contribution is 5.77. The van der Waals surface area contributed by atoms with E-state index in [9.17, 15) is 9.59 Å². The highest BCUT2D eigenvalue weighted by Crippen LogP contribution is 2.12. The molecule has 0 atom stereocenters. The van der Waals surface area contributed by atoms with Crippen molar-refractivity contribution in [3.63, 3.8) is 0 Å². The normalized spacial score (nSPS) is 23.0. The van der Waals surface area contributed by atoms with Crippen LogP contribution in [0.4, 0.5) is 9.59 Å². The summed E-state index contributed by atoms with van der Waals surface area (Å²) in [6.07, 6.45) is -2.15. The van der Waals surface area contributed by atoms with Crippen LogP contribution in [0.3, 0.4) is 0 Å². The summed E-state index contributed by atoms with van der Waals surface area (Å²) in [7, 11) is 0. The average Bonchev–Trinajstić information content (AvgIpc) is 2.00. The number of cyclic esters (lactones) is 4. The monoisotopic (exact) mass is 204 g/mol. The zero-order valence-corrected chi connectivity index (χ0v) is 8.07. The molecule has 6 heteroatoms. The second-order valence-corrected chi connectivity index (χ2v) is 3.36. The Balaban J connectivity index is 2.57. The van der Waals surface area contributed by atoms with Crippen molar-refractivity contribution in [3.8, 4) is 0 Å². The van der Waals surface area contributed by atoms with Crippen LogP contribution in [0.15, 0.2) is 0 Å². The first-order valence-corrected chi connectivity index (χ1v) is 4.15. The minimum Gasteiger partial charge on any atom is -0.431 e. The SMILES string of the molecule is CC1(C)COCCOC(=O)OC(=O)O1. The first kappa shape index (κ1) is 10.8. The van der Waals surface area contributed by atoms with E-state index in [4.69, 9.17) is 9.47 Å². The lowest BCUT2D eigenvalue weighted by atomic mass is 10.1. The zero-order chi connectivity index (χ0) is 10.6. The summed E-state index contributed by atoms with van der Waals surface area (Å²) < 4.78 is 18.6. The first-order valence-electron chi connectivity index (χ1n) is 4.15. The minimum absolute atomic E-state index is 0.0577. The number of hydrogen-bond acceptors (Lipinski definition) is 6. The van der Waals surface area contributed by atoms with Crippen molar-refractivity contribution in [2.24, 2.45) is 0 Å². The molecule has 1 rings (SSSR count). The van der Waals surface area contributed by atoms with Gasteiger partial charge < -0.3 is 18.9 Å². The van der Waals surface area contributed by atoms with Crippen LogP contribution in [0.1, 0.15) is 13.8 Å². The zero-order valence-electron chi connectivity index (χ0n) is 8.07. The van der Waals surface area contributed by atoms with E-state index in [1.165, 1.54) is 0 Å². The molecule has 0 aromatic carbocycles. The standard InChI is InChI=1S/C8H12O6/c1-8(2)5-11-3-4-12-6(9)13-7(10)14-8/h3-5H2,1-2H3. The molecule has 0 radical (unpaired) electrons. The Hall–Kier alpha value is -1.30. The van der Waals surface area contributed by atoms with Crippen LogP contribution < -0.4 is 0 Å². The third-order valence-corrected chi connectivity index (χ3v) is 1.42. The van der Waals surface area contributed by atoms with Crippen molar-refractivity contribution in [1.29, 1.82) is 0 Å². The molecule has 80 valence electrons. The molecular weight excluding hydrogens is 192 g/mol. The maximum atomic E-state index is 10.9. The van der Waals surface area contributed by atoms with Gasteiger partial charge in [0.15, 0.2) is 0 Å². The molecule has 0 aliphatic carbocycles. The average molecular weight is 204 g/mol. The van der Waals surface area contributed by atoms with Gasteiger partial charge in [0, 0.05) is 0 Å². The van der Waals surface area contributed by atoms with Crippen molar-refractivity contribution in [2.45, 2.75) is 19.4 Å². The second kappa shape index (κ2) is 4.28. The van der Waals surface area contributed by atoms with Crippen molar-refractivity contribution >= 4 is 12.3 Å². The quantitative estimate of drug-likeness (QED) is 0.434. The molecule has 0 saturated carbocycles. The Morgan fingerprint density at radius 2 is 1.86 bits per heavy atom. The van der Waals surface area contributed by atoms with Gasteiger partial charge in [-0.3, -0.25) is 0 Å². The second-order valence-electron chi connectivity index (χ2n) is 3.36. The van der Waals surface area contributed by atoms with E-state index in [0.717, 1.165) is 0 Å². The summed E-state index contributed by atoms with van der Waals surface area (Å²) in [4.78, 5) is 21.6. The lowest BCUT2D eigenvalue weighted by Gasteiger charge is -2.24. The topological polar surface area (TPSA) is 71.1 Å². The number of carbonyl (C=O) groups is 2. The van der Waals surface area contributed by atoms with E-state index in [1.54, 1.807) is 13.8 Å². The summed E-state index contributed by atoms with van der Waals surface area (Å²) >= 11 is 0. The first-order chi connectivity index (χ1) is 6.49. The summed E-state index contributed by atoms with van der Waals surface area (Å²) in [6, 6.07) is 0. The lowest BCUT2D eigenvalue weighted by molar-refractivity contribution is -0.0767. The van der Waals surface area contributed by atoms with Gasteiger partial charge in [-0.1, -0.05) is 0 Å². The highest BCUT2D eigenvalue weighted by Gasteiger charge is 2.27. The van der Waals surface area contributed by atoms with Gasteiger partial charge in [0.2, 0.25) is 0 Å². The van der Waals surface area contributed by atoms with E-state index in [-0.39, 0.29) is 19.8 Å². The van der Waals surface area contributed by atoms with E-state index < -0.39 is 17.9 Å². The Labute approximate surface area is 81.1 Å². The maximum Gasteiger partial charge on any atom is 0.519 e. The number of hydrogen-bond donors (Lipinski definition) is 0. The fourth-order valence-electron chi connectivity index (χ4n) is 0.875. The molecule has 1 saturated heterocycles. The smallest absolute Gasteiger partial charge is 0.431 e. The van der Waals surface area contributed by atoms with Crippen LogP contribution in [-0.4, -0.2) is 37.7 Å². The van der Waals surface area contributed by atoms with Gasteiger partial charge >= 0.3 is 12.3 Å². The van der Waals surface area contributed by atoms with Gasteiger partial charge in [0.25, 0.3) is 0 Å². The van der Waals surface area contributed by atoms with E-state index in [2.05, 4.69) is 9.47 Å². The molecule has 0 spiro atoms. The summed E-state index contributed by atoms with van der Waals surface area (Å²) in [5.41, 5.74) is -0.811. The van der Waals surface area contributed by atoms with Crippen LogP contribution in [0.25, 0.3) is 0 Å². The largest absolute Gasteiger partial charge is 0.519 e. The van der Waals surface area contributed by atoms with Crippen molar-refractivity contribution < 1.29 is 28.5 Å². The van der Waals surface area contributed by atoms with Crippen LogP contribution in [0, 0.1) is 0 Å². The third-order valence-electron chi connectivity index (χ3n) is 1.42. The van der Waals surface area contributed by atoms with Crippen LogP contribution in [0.2, 0.25) is 0 Å². The Kier molecular flexibility index (Phi) is 3.29. The third kappa shape index (κ3) is 3.61. The van der Waals surface area contributed by atoms with Crippen molar-refractivity contribution in [1.82, 2.24) is 0 Å². The van der Waals surface area contributed by atoms with Gasteiger partial charge in [-0.2, -0.15) is 0 Å². The van der Waals surface area contributed by atoms with Gasteiger partial charge in [-0.05, 0) is 13.8 Å². The molecule has 6 nitrogen and oxygen atoms in total. The van der Waals surface area contributed by atoms with Gasteiger partial charge in [-0.25, -0.2) is 9.59 Å². The van der Waals surface area contributed by atoms with E-state index >= 15 is 0 Å². The van der Waals surface area contributed by atoms with Crippen molar-refractivity contribution in [3.05, 3.63) is 0 Å². The van der Waals surface area contributed by atoms with E-state index in [0.29, 0.717) is 0 Å². The molecule has 1 fully saturated rings. The summed E-state index contributed by atoms with van der Waals surface area (Å²) in [6.45, 7) is 3.83. The molecule has 0 bridgehead atoms. The van der Waals surface area contributed by atoms with Crippen LogP contribution in [-0.2, 0) is 18.9 Å². The number of ether oxygens (including phenoxy) is 4. The Morgan fingerprint density at radius 3 is 2.57 bits per heavy atom. The molecule has 0 aromatic rings. The molecule has 1 aliphatic rings. The molecule has 0 N–H and O–H groups in total. The minimum atomic E-state index is -1.08. The predicted octanol–water partition coefficient (Wildman–Crippen LogP) is 1.08. The van der Waals surface area contributed by atoms with Crippen LogP contribution >= 0.6 is 0 Å². The molecule has 0 aromatic heterocycles. The van der Waals surface area contributed by atoms with Gasteiger partial charge in [0.1, 0.15) is 12.2 Å². The molecule has 1 aliphatic heterocycles. The van der Waals surface area contributed by atoms with Gasteiger partial charge in [0.05, 0.1) is 13.2 Å².